The van der Waals surface area contributed by atoms with Crippen LogP contribution in [0, 0.1) is 5.92 Å². The molecule has 0 spiro atoms. The first-order valence-corrected chi connectivity index (χ1v) is 10.8. The lowest BCUT2D eigenvalue weighted by atomic mass is 9.60. The molecule has 1 unspecified atom stereocenters. The zero-order valence-corrected chi connectivity index (χ0v) is 17.8. The first-order valence-electron chi connectivity index (χ1n) is 10.8. The smallest absolute Gasteiger partial charge is 0.337 e. The van der Waals surface area contributed by atoms with Gasteiger partial charge >= 0.3 is 5.97 Å². The monoisotopic (exact) mass is 405 g/mol. The quantitative estimate of drug-likeness (QED) is 0.386. The SMILES string of the molecule is COCCOCCOCC(=O)Oc1ccc2c(c1)[C@@]1(C)CCCCCC(C2)[C@@H]1N. The van der Waals surface area contributed by atoms with Crippen LogP contribution in [0.5, 0.6) is 5.75 Å². The van der Waals surface area contributed by atoms with Crippen LogP contribution in [-0.2, 0) is 30.8 Å². The molecular formula is C23H35NO5. The number of rotatable bonds is 9. The van der Waals surface area contributed by atoms with Gasteiger partial charge in [0.2, 0.25) is 0 Å². The Balaban J connectivity index is 1.57. The largest absolute Gasteiger partial charge is 0.425 e. The third-order valence-electron chi connectivity index (χ3n) is 6.45. The number of benzene rings is 1. The molecule has 1 fully saturated rings. The van der Waals surface area contributed by atoms with Gasteiger partial charge in [-0.25, -0.2) is 4.79 Å². The van der Waals surface area contributed by atoms with Crippen molar-refractivity contribution in [1.82, 2.24) is 0 Å². The van der Waals surface area contributed by atoms with E-state index in [0.717, 1.165) is 12.8 Å². The fourth-order valence-electron chi connectivity index (χ4n) is 4.77. The maximum Gasteiger partial charge on any atom is 0.337 e. The summed E-state index contributed by atoms with van der Waals surface area (Å²) in [5.74, 6) is 0.714. The van der Waals surface area contributed by atoms with E-state index in [0.29, 0.717) is 38.1 Å². The average molecular weight is 406 g/mol. The maximum absolute atomic E-state index is 12.1. The Morgan fingerprint density at radius 3 is 2.76 bits per heavy atom. The second-order valence-corrected chi connectivity index (χ2v) is 8.46. The third kappa shape index (κ3) is 5.57. The predicted octanol–water partition coefficient (Wildman–Crippen LogP) is 2.99. The van der Waals surface area contributed by atoms with Crippen LogP contribution < -0.4 is 10.5 Å². The summed E-state index contributed by atoms with van der Waals surface area (Å²) in [4.78, 5) is 12.1. The van der Waals surface area contributed by atoms with Crippen LogP contribution in [0.2, 0.25) is 0 Å². The minimum Gasteiger partial charge on any atom is -0.425 e. The Hall–Kier alpha value is -1.47. The van der Waals surface area contributed by atoms with Gasteiger partial charge in [-0.1, -0.05) is 32.3 Å². The molecule has 2 aliphatic carbocycles. The van der Waals surface area contributed by atoms with Gasteiger partial charge in [0.05, 0.1) is 26.4 Å². The molecule has 2 aliphatic rings. The summed E-state index contributed by atoms with van der Waals surface area (Å²) in [7, 11) is 1.63. The molecule has 1 aromatic carbocycles. The summed E-state index contributed by atoms with van der Waals surface area (Å²) in [5, 5.41) is 0. The highest BCUT2D eigenvalue weighted by molar-refractivity contribution is 5.73. The lowest BCUT2D eigenvalue weighted by Crippen LogP contribution is -2.52. The molecular weight excluding hydrogens is 370 g/mol. The number of nitrogens with two attached hydrogens (primary N) is 1. The highest BCUT2D eigenvalue weighted by Crippen LogP contribution is 2.46. The summed E-state index contributed by atoms with van der Waals surface area (Å²) in [6.45, 7) is 4.02. The fraction of sp³-hybridized carbons (Fsp3) is 0.696. The predicted molar refractivity (Wildman–Crippen MR) is 111 cm³/mol. The van der Waals surface area contributed by atoms with Crippen LogP contribution in [0.4, 0.5) is 0 Å². The van der Waals surface area contributed by atoms with Crippen molar-refractivity contribution < 1.29 is 23.7 Å². The van der Waals surface area contributed by atoms with Crippen molar-refractivity contribution in [3.8, 4) is 5.75 Å². The number of carbonyl (C=O) groups excluding carboxylic acids is 1. The molecule has 6 heteroatoms. The zero-order valence-electron chi connectivity index (χ0n) is 17.8. The molecule has 1 aromatic rings. The molecule has 2 N–H and O–H groups in total. The van der Waals surface area contributed by atoms with Crippen molar-refractivity contribution in [2.24, 2.45) is 11.7 Å². The standard InChI is InChI=1S/C23H35NO5/c1-23-9-5-3-4-6-18(22(23)24)14-17-7-8-19(15-20(17)23)29-21(25)16-28-13-12-27-11-10-26-2/h7-8,15,18,22H,3-6,9-14,16,24H2,1-2H3/t18?,22-,23+/m0/s1. The van der Waals surface area contributed by atoms with Gasteiger partial charge in [0, 0.05) is 18.6 Å². The first-order chi connectivity index (χ1) is 14.0. The Bertz CT molecular complexity index is 679. The van der Waals surface area contributed by atoms with Crippen LogP contribution in [0.15, 0.2) is 18.2 Å². The Morgan fingerprint density at radius 2 is 1.93 bits per heavy atom. The highest BCUT2D eigenvalue weighted by atomic mass is 16.6. The van der Waals surface area contributed by atoms with Crippen LogP contribution in [0.1, 0.15) is 50.2 Å². The van der Waals surface area contributed by atoms with Gasteiger partial charge < -0.3 is 24.7 Å². The van der Waals surface area contributed by atoms with E-state index in [1.165, 1.54) is 36.8 Å². The Kier molecular flexibility index (Phi) is 8.07. The summed E-state index contributed by atoms with van der Waals surface area (Å²) >= 11 is 0. The molecule has 0 aliphatic heterocycles. The van der Waals surface area contributed by atoms with E-state index in [2.05, 4.69) is 13.0 Å². The molecule has 162 valence electrons. The van der Waals surface area contributed by atoms with E-state index in [1.807, 2.05) is 12.1 Å². The second-order valence-electron chi connectivity index (χ2n) is 8.46. The lowest BCUT2D eigenvalue weighted by molar-refractivity contribution is -0.140. The van der Waals surface area contributed by atoms with E-state index in [1.54, 1.807) is 7.11 Å². The Labute approximate surface area is 174 Å². The summed E-state index contributed by atoms with van der Waals surface area (Å²) < 4.78 is 21.1. The number of fused-ring (bicyclic) bond motifs is 4. The lowest BCUT2D eigenvalue weighted by Gasteiger charge is -2.47. The van der Waals surface area contributed by atoms with Gasteiger partial charge in [-0.2, -0.15) is 0 Å². The molecule has 1 saturated carbocycles. The summed E-state index contributed by atoms with van der Waals surface area (Å²) in [5.41, 5.74) is 9.28. The third-order valence-corrected chi connectivity index (χ3v) is 6.45. The molecule has 0 heterocycles. The zero-order chi connectivity index (χ0) is 20.7. The van der Waals surface area contributed by atoms with Crippen LogP contribution >= 0.6 is 0 Å². The van der Waals surface area contributed by atoms with Gasteiger partial charge in [0.15, 0.2) is 0 Å². The van der Waals surface area contributed by atoms with Gasteiger partial charge in [0.25, 0.3) is 0 Å². The molecule has 6 nitrogen and oxygen atoms in total. The molecule has 0 aromatic heterocycles. The molecule has 0 saturated heterocycles. The fourth-order valence-corrected chi connectivity index (χ4v) is 4.77. The minimum absolute atomic E-state index is 0.0584. The van der Waals surface area contributed by atoms with Crippen LogP contribution in [0.25, 0.3) is 0 Å². The highest BCUT2D eigenvalue weighted by Gasteiger charge is 2.43. The van der Waals surface area contributed by atoms with Gasteiger partial charge in [-0.3, -0.25) is 0 Å². The van der Waals surface area contributed by atoms with Crippen LogP contribution in [0.3, 0.4) is 0 Å². The number of methoxy groups -OCH3 is 1. The molecule has 0 radical (unpaired) electrons. The number of esters is 1. The Morgan fingerprint density at radius 1 is 1.14 bits per heavy atom. The van der Waals surface area contributed by atoms with Crippen molar-refractivity contribution in [2.45, 2.75) is 56.9 Å². The molecule has 29 heavy (non-hydrogen) atoms. The molecule has 3 rings (SSSR count). The van der Waals surface area contributed by atoms with Crippen molar-refractivity contribution in [3.63, 3.8) is 0 Å². The van der Waals surface area contributed by atoms with E-state index < -0.39 is 5.97 Å². The molecule has 0 amide bonds. The van der Waals surface area contributed by atoms with E-state index in [-0.39, 0.29) is 18.1 Å². The number of carbonyl (C=O) groups is 1. The average Bonchev–Trinajstić information content (AvgIpc) is 2.71. The summed E-state index contributed by atoms with van der Waals surface area (Å²) in [6.07, 6.45) is 7.06. The first kappa shape index (κ1) is 22.2. The van der Waals surface area contributed by atoms with Gasteiger partial charge in [-0.15, -0.1) is 0 Å². The van der Waals surface area contributed by atoms with Crippen LogP contribution in [-0.4, -0.2) is 52.2 Å². The van der Waals surface area contributed by atoms with Crippen molar-refractivity contribution in [1.29, 1.82) is 0 Å². The maximum atomic E-state index is 12.1. The minimum atomic E-state index is -0.400. The number of hydrogen-bond donors (Lipinski definition) is 1. The van der Waals surface area contributed by atoms with Crippen molar-refractivity contribution >= 4 is 5.97 Å². The topological polar surface area (TPSA) is 80.0 Å². The number of ether oxygens (including phenoxy) is 4. The van der Waals surface area contributed by atoms with E-state index >= 15 is 0 Å². The normalized spacial score (nSPS) is 26.3. The summed E-state index contributed by atoms with van der Waals surface area (Å²) in [6, 6.07) is 6.19. The van der Waals surface area contributed by atoms with E-state index in [4.69, 9.17) is 24.7 Å². The molecule has 2 bridgehead atoms. The second kappa shape index (κ2) is 10.5. The van der Waals surface area contributed by atoms with E-state index in [9.17, 15) is 4.79 Å². The van der Waals surface area contributed by atoms with Gasteiger partial charge in [-0.05, 0) is 48.4 Å². The molecule has 3 atom stereocenters. The van der Waals surface area contributed by atoms with Crippen molar-refractivity contribution in [2.75, 3.05) is 40.1 Å². The van der Waals surface area contributed by atoms with Crippen molar-refractivity contribution in [3.05, 3.63) is 29.3 Å². The number of hydrogen-bond acceptors (Lipinski definition) is 6. The van der Waals surface area contributed by atoms with Gasteiger partial charge in [0.1, 0.15) is 12.4 Å².